The molecule has 4 aromatic rings. The van der Waals surface area contributed by atoms with Crippen LogP contribution in [0, 0.1) is 10.1 Å². The summed E-state index contributed by atoms with van der Waals surface area (Å²) in [7, 11) is 1.93. The lowest BCUT2D eigenvalue weighted by atomic mass is 10.1. The van der Waals surface area contributed by atoms with Crippen LogP contribution in [0.5, 0.6) is 0 Å². The Kier molecular flexibility index (Phi) is 4.22. The second-order valence-corrected chi connectivity index (χ2v) is 6.12. The molecular weight excluding hydrogens is 340 g/mol. The molecule has 0 aliphatic heterocycles. The average molecular weight is 357 g/mol. The number of hydrogen-bond acceptors (Lipinski definition) is 3. The van der Waals surface area contributed by atoms with E-state index in [-0.39, 0.29) is 5.69 Å². The van der Waals surface area contributed by atoms with Gasteiger partial charge in [0.05, 0.1) is 10.0 Å². The second kappa shape index (κ2) is 6.84. The topological polar surface area (TPSA) is 64.8 Å². The van der Waals surface area contributed by atoms with Crippen LogP contribution in [-0.2, 0) is 7.05 Å². The molecule has 0 unspecified atom stereocenters. The molecule has 1 aromatic heterocycles. The zero-order valence-electron chi connectivity index (χ0n) is 14.7. The molecule has 6 nitrogen and oxygen atoms in total. The molecule has 6 heteroatoms. The molecule has 27 heavy (non-hydrogen) atoms. The Bertz CT molecular complexity index is 1090. The van der Waals surface area contributed by atoms with E-state index in [0.29, 0.717) is 0 Å². The normalized spacial score (nSPS) is 10.7. The molecule has 0 aliphatic rings. The zero-order chi connectivity index (χ0) is 18.8. The molecular formula is C21H17N4O2+. The molecule has 0 spiro atoms. The Morgan fingerprint density at radius 2 is 1.41 bits per heavy atom. The average Bonchev–Trinajstić information content (AvgIpc) is 3.06. The van der Waals surface area contributed by atoms with Gasteiger partial charge in [-0.2, -0.15) is 4.68 Å². The Labute approximate surface area is 156 Å². The summed E-state index contributed by atoms with van der Waals surface area (Å²) in [6.07, 6.45) is 0. The summed E-state index contributed by atoms with van der Waals surface area (Å²) in [5, 5.41) is 15.7. The fraction of sp³-hybridized carbons (Fsp3) is 0.0476. The highest BCUT2D eigenvalue weighted by molar-refractivity contribution is 5.75. The van der Waals surface area contributed by atoms with Crippen LogP contribution in [0.4, 0.5) is 5.69 Å². The van der Waals surface area contributed by atoms with E-state index in [9.17, 15) is 10.1 Å². The predicted octanol–water partition coefficient (Wildman–Crippen LogP) is 3.94. The summed E-state index contributed by atoms with van der Waals surface area (Å²) >= 11 is 0. The molecule has 132 valence electrons. The maximum atomic E-state index is 10.9. The van der Waals surface area contributed by atoms with Crippen LogP contribution in [-0.4, -0.2) is 14.8 Å². The van der Waals surface area contributed by atoms with Gasteiger partial charge in [0.15, 0.2) is 0 Å². The number of nitro groups is 1. The highest BCUT2D eigenvalue weighted by atomic mass is 16.6. The van der Waals surface area contributed by atoms with Gasteiger partial charge in [-0.25, -0.2) is 0 Å². The number of nitrogens with zero attached hydrogens (tertiary/aromatic N) is 4. The van der Waals surface area contributed by atoms with Crippen molar-refractivity contribution in [2.75, 3.05) is 0 Å². The van der Waals surface area contributed by atoms with E-state index in [2.05, 4.69) is 0 Å². The first-order valence-corrected chi connectivity index (χ1v) is 8.50. The molecule has 0 atom stereocenters. The first kappa shape index (κ1) is 16.7. The first-order valence-electron chi connectivity index (χ1n) is 8.50. The Morgan fingerprint density at radius 3 is 1.96 bits per heavy atom. The summed E-state index contributed by atoms with van der Waals surface area (Å²) in [6, 6.07) is 26.4. The van der Waals surface area contributed by atoms with Gasteiger partial charge in [-0.3, -0.25) is 10.1 Å². The lowest BCUT2D eigenvalue weighted by molar-refractivity contribution is -0.738. The van der Waals surface area contributed by atoms with E-state index in [1.54, 1.807) is 16.9 Å². The monoisotopic (exact) mass is 357 g/mol. The van der Waals surface area contributed by atoms with Crippen molar-refractivity contribution in [3.05, 3.63) is 95.0 Å². The number of hydrogen-bond donors (Lipinski definition) is 0. The van der Waals surface area contributed by atoms with Crippen LogP contribution in [0.3, 0.4) is 0 Å². The van der Waals surface area contributed by atoms with Gasteiger partial charge in [-0.05, 0) is 16.9 Å². The largest absolute Gasteiger partial charge is 0.269 e. The Balaban J connectivity index is 1.92. The molecule has 0 radical (unpaired) electrons. The van der Waals surface area contributed by atoms with Crippen molar-refractivity contribution in [1.29, 1.82) is 0 Å². The van der Waals surface area contributed by atoms with Gasteiger partial charge in [0, 0.05) is 23.3 Å². The van der Waals surface area contributed by atoms with E-state index in [0.717, 1.165) is 28.2 Å². The summed E-state index contributed by atoms with van der Waals surface area (Å²) < 4.78 is 1.96. The van der Waals surface area contributed by atoms with Gasteiger partial charge in [0.2, 0.25) is 5.69 Å². The third kappa shape index (κ3) is 3.08. The van der Waals surface area contributed by atoms with Gasteiger partial charge in [-0.15, -0.1) is 0 Å². The van der Waals surface area contributed by atoms with Gasteiger partial charge < -0.3 is 0 Å². The third-order valence-corrected chi connectivity index (χ3v) is 4.41. The van der Waals surface area contributed by atoms with Crippen molar-refractivity contribution < 1.29 is 9.61 Å². The van der Waals surface area contributed by atoms with Gasteiger partial charge in [-0.1, -0.05) is 60.7 Å². The van der Waals surface area contributed by atoms with Gasteiger partial charge in [0.1, 0.15) is 12.7 Å². The number of aromatic nitrogens is 3. The van der Waals surface area contributed by atoms with Crippen molar-refractivity contribution in [3.63, 3.8) is 0 Å². The van der Waals surface area contributed by atoms with Crippen LogP contribution in [0.15, 0.2) is 84.9 Å². The lowest BCUT2D eigenvalue weighted by Gasteiger charge is -2.01. The van der Waals surface area contributed by atoms with Crippen LogP contribution >= 0.6 is 0 Å². The minimum absolute atomic E-state index is 0.0557. The summed E-state index contributed by atoms with van der Waals surface area (Å²) in [5.41, 5.74) is 4.69. The van der Waals surface area contributed by atoms with Crippen molar-refractivity contribution in [2.45, 2.75) is 0 Å². The zero-order valence-corrected chi connectivity index (χ0v) is 14.7. The molecule has 0 amide bonds. The SMILES string of the molecule is C[n+]1c(-c2ccccc2)c(-c2ccccc2)nn1-c1ccc([N+](=O)[O-])cc1. The highest BCUT2D eigenvalue weighted by Crippen LogP contribution is 2.28. The lowest BCUT2D eigenvalue weighted by Crippen LogP contribution is -2.40. The molecule has 0 aliphatic carbocycles. The van der Waals surface area contributed by atoms with Crippen LogP contribution in [0.25, 0.3) is 28.2 Å². The third-order valence-electron chi connectivity index (χ3n) is 4.41. The quantitative estimate of drug-likeness (QED) is 0.316. The molecule has 0 fully saturated rings. The number of nitro benzene ring substituents is 1. The van der Waals surface area contributed by atoms with Gasteiger partial charge >= 0.3 is 0 Å². The predicted molar refractivity (Wildman–Crippen MR) is 102 cm³/mol. The number of non-ortho nitro benzene ring substituents is 1. The number of rotatable bonds is 4. The second-order valence-electron chi connectivity index (χ2n) is 6.12. The Morgan fingerprint density at radius 1 is 0.852 bits per heavy atom. The summed E-state index contributed by atoms with van der Waals surface area (Å²) in [4.78, 5) is 12.3. The van der Waals surface area contributed by atoms with Crippen molar-refractivity contribution >= 4 is 5.69 Å². The number of benzene rings is 3. The van der Waals surface area contributed by atoms with Gasteiger partial charge in [0.25, 0.3) is 11.4 Å². The maximum absolute atomic E-state index is 10.9. The van der Waals surface area contributed by atoms with E-state index >= 15 is 0 Å². The molecule has 1 heterocycles. The summed E-state index contributed by atoms with van der Waals surface area (Å²) in [5.74, 6) is 0. The molecule has 0 saturated carbocycles. The first-order chi connectivity index (χ1) is 13.1. The van der Waals surface area contributed by atoms with E-state index in [1.165, 1.54) is 12.1 Å². The highest BCUT2D eigenvalue weighted by Gasteiger charge is 2.27. The molecule has 0 N–H and O–H groups in total. The fourth-order valence-electron chi connectivity index (χ4n) is 3.11. The molecule has 3 aromatic carbocycles. The van der Waals surface area contributed by atoms with E-state index in [1.807, 2.05) is 72.4 Å². The van der Waals surface area contributed by atoms with E-state index < -0.39 is 4.92 Å². The fourth-order valence-corrected chi connectivity index (χ4v) is 3.11. The smallest absolute Gasteiger partial charge is 0.258 e. The van der Waals surface area contributed by atoms with Crippen LogP contribution in [0.2, 0.25) is 0 Å². The standard InChI is InChI=1S/C21H17N4O2/c1-23-21(17-10-6-3-7-11-17)20(16-8-4-2-5-9-16)22-24(23)18-12-14-19(15-13-18)25(26)27/h2-15H,1H3/q+1. The molecule has 0 saturated heterocycles. The summed E-state index contributed by atoms with van der Waals surface area (Å²) in [6.45, 7) is 0. The van der Waals surface area contributed by atoms with Crippen molar-refractivity contribution in [2.24, 2.45) is 7.05 Å². The van der Waals surface area contributed by atoms with Crippen LogP contribution in [0.1, 0.15) is 0 Å². The van der Waals surface area contributed by atoms with Crippen LogP contribution < -0.4 is 4.68 Å². The molecule has 0 bridgehead atoms. The van der Waals surface area contributed by atoms with E-state index in [4.69, 9.17) is 5.10 Å². The molecule has 4 rings (SSSR count). The minimum Gasteiger partial charge on any atom is -0.258 e. The van der Waals surface area contributed by atoms with Crippen molar-refractivity contribution in [3.8, 4) is 28.2 Å². The Hall–Kier alpha value is -3.80. The van der Waals surface area contributed by atoms with Crippen molar-refractivity contribution in [1.82, 2.24) is 9.90 Å². The maximum Gasteiger partial charge on any atom is 0.269 e. The minimum atomic E-state index is -0.405.